The fourth-order valence-electron chi connectivity index (χ4n) is 2.58. The van der Waals surface area contributed by atoms with Gasteiger partial charge >= 0.3 is 0 Å². The van der Waals surface area contributed by atoms with Crippen molar-refractivity contribution in [1.29, 1.82) is 0 Å². The fraction of sp³-hybridized carbons (Fsp3) is 0.833. The van der Waals surface area contributed by atoms with E-state index in [9.17, 15) is 23.5 Å². The third kappa shape index (κ3) is 3.78. The van der Waals surface area contributed by atoms with E-state index in [4.69, 9.17) is 0 Å². The molecule has 0 N–H and O–H groups in total. The van der Waals surface area contributed by atoms with Gasteiger partial charge in [-0.05, 0) is 12.3 Å². The quantitative estimate of drug-likeness (QED) is 0.655. The van der Waals surface area contributed by atoms with Crippen LogP contribution in [0.25, 0.3) is 0 Å². The molecule has 0 unspecified atom stereocenters. The molecular formula is C12H18F2N3O3-. The van der Waals surface area contributed by atoms with Crippen molar-refractivity contribution in [3.8, 4) is 0 Å². The molecule has 2 aliphatic rings. The Bertz CT molecular complexity index is 375. The predicted octanol–water partition coefficient (Wildman–Crippen LogP) is -0.939. The van der Waals surface area contributed by atoms with Crippen LogP contribution in [-0.2, 0) is 4.79 Å². The minimum Gasteiger partial charge on any atom is -0.530 e. The average Bonchev–Trinajstić information content (AvgIpc) is 2.28. The van der Waals surface area contributed by atoms with E-state index in [0.29, 0.717) is 32.7 Å². The van der Waals surface area contributed by atoms with Crippen LogP contribution in [-0.4, -0.2) is 78.9 Å². The first-order chi connectivity index (χ1) is 9.45. The summed E-state index contributed by atoms with van der Waals surface area (Å²) in [6, 6.07) is 0. The first kappa shape index (κ1) is 15.0. The zero-order chi connectivity index (χ0) is 14.7. The highest BCUT2D eigenvalue weighted by Gasteiger charge is 2.29. The lowest BCUT2D eigenvalue weighted by Crippen LogP contribution is -2.56. The van der Waals surface area contributed by atoms with Gasteiger partial charge in [0.1, 0.15) is 6.09 Å². The Hall–Kier alpha value is -1.44. The zero-order valence-electron chi connectivity index (χ0n) is 11.1. The minimum atomic E-state index is -2.42. The summed E-state index contributed by atoms with van der Waals surface area (Å²) in [7, 11) is 0. The molecule has 2 fully saturated rings. The number of hydrogen-bond donors (Lipinski definition) is 0. The molecule has 0 radical (unpaired) electrons. The molecule has 2 rings (SSSR count). The summed E-state index contributed by atoms with van der Waals surface area (Å²) in [6.07, 6.45) is -2.83. The first-order valence-corrected chi connectivity index (χ1v) is 6.70. The Morgan fingerprint density at radius 2 is 2.05 bits per heavy atom. The summed E-state index contributed by atoms with van der Waals surface area (Å²) in [5.74, 6) is 0.132. The molecule has 0 aliphatic carbocycles. The highest BCUT2D eigenvalue weighted by molar-refractivity contribution is 5.79. The Labute approximate surface area is 115 Å². The molecular weight excluding hydrogens is 272 g/mol. The van der Waals surface area contributed by atoms with E-state index in [1.54, 1.807) is 4.90 Å². The summed E-state index contributed by atoms with van der Waals surface area (Å²) < 4.78 is 24.5. The van der Waals surface area contributed by atoms with Gasteiger partial charge in [-0.2, -0.15) is 0 Å². The zero-order valence-corrected chi connectivity index (χ0v) is 11.1. The molecule has 0 aromatic heterocycles. The summed E-state index contributed by atoms with van der Waals surface area (Å²) in [5.41, 5.74) is 0. The van der Waals surface area contributed by atoms with Gasteiger partial charge < -0.3 is 19.7 Å². The molecule has 0 aromatic rings. The number of carboxylic acid groups (broad SMARTS) is 1. The van der Waals surface area contributed by atoms with E-state index < -0.39 is 12.5 Å². The lowest BCUT2D eigenvalue weighted by atomic mass is 9.96. The van der Waals surface area contributed by atoms with Gasteiger partial charge in [0, 0.05) is 32.7 Å². The van der Waals surface area contributed by atoms with Gasteiger partial charge in [-0.1, -0.05) is 0 Å². The van der Waals surface area contributed by atoms with Crippen molar-refractivity contribution in [3.05, 3.63) is 0 Å². The molecule has 8 heteroatoms. The number of hydrogen-bond acceptors (Lipinski definition) is 4. The summed E-state index contributed by atoms with van der Waals surface area (Å²) in [6.45, 7) is 2.09. The number of piperazine rings is 1. The Morgan fingerprint density at radius 3 is 2.60 bits per heavy atom. The molecule has 20 heavy (non-hydrogen) atoms. The van der Waals surface area contributed by atoms with Gasteiger partial charge in [0.15, 0.2) is 0 Å². The molecule has 0 spiro atoms. The summed E-state index contributed by atoms with van der Waals surface area (Å²) in [5, 5.41) is 10.5. The van der Waals surface area contributed by atoms with Crippen molar-refractivity contribution in [2.75, 3.05) is 45.8 Å². The van der Waals surface area contributed by atoms with Crippen molar-refractivity contribution >= 4 is 12.0 Å². The Morgan fingerprint density at radius 1 is 1.35 bits per heavy atom. The fourth-order valence-corrected chi connectivity index (χ4v) is 2.58. The first-order valence-electron chi connectivity index (χ1n) is 6.70. The van der Waals surface area contributed by atoms with E-state index in [0.717, 1.165) is 6.42 Å². The topological polar surface area (TPSA) is 66.9 Å². The van der Waals surface area contributed by atoms with Crippen LogP contribution in [0.4, 0.5) is 13.6 Å². The molecule has 2 heterocycles. The maximum atomic E-state index is 12.2. The number of alkyl halides is 2. The number of halogens is 2. The highest BCUT2D eigenvalue weighted by atomic mass is 19.3. The second-order valence-electron chi connectivity index (χ2n) is 5.33. The van der Waals surface area contributed by atoms with E-state index in [2.05, 4.69) is 0 Å². The second kappa shape index (κ2) is 6.34. The maximum absolute atomic E-state index is 12.2. The van der Waals surface area contributed by atoms with Crippen molar-refractivity contribution in [2.24, 2.45) is 5.92 Å². The predicted molar refractivity (Wildman–Crippen MR) is 64.1 cm³/mol. The van der Waals surface area contributed by atoms with E-state index in [-0.39, 0.29) is 24.9 Å². The molecule has 6 nitrogen and oxygen atoms in total. The maximum Gasteiger partial charge on any atom is 0.251 e. The van der Waals surface area contributed by atoms with E-state index >= 15 is 0 Å². The van der Waals surface area contributed by atoms with Crippen LogP contribution in [0.15, 0.2) is 0 Å². The van der Waals surface area contributed by atoms with Crippen LogP contribution in [0, 0.1) is 5.92 Å². The third-order valence-corrected chi connectivity index (χ3v) is 3.82. The highest BCUT2D eigenvalue weighted by Crippen LogP contribution is 2.19. The van der Waals surface area contributed by atoms with Crippen LogP contribution >= 0.6 is 0 Å². The number of nitrogens with zero attached hydrogens (tertiary/aromatic N) is 3. The molecule has 0 bridgehead atoms. The number of amides is 2. The van der Waals surface area contributed by atoms with Crippen LogP contribution in [0.2, 0.25) is 0 Å². The molecule has 0 aromatic carbocycles. The average molecular weight is 290 g/mol. The number of carbonyl (C=O) groups is 2. The molecule has 2 saturated heterocycles. The number of carbonyl (C=O) groups excluding carboxylic acids is 2. The summed E-state index contributed by atoms with van der Waals surface area (Å²) in [4.78, 5) is 26.7. The van der Waals surface area contributed by atoms with Crippen LogP contribution in [0.3, 0.4) is 0 Å². The molecule has 0 saturated carbocycles. The van der Waals surface area contributed by atoms with Gasteiger partial charge in [-0.15, -0.1) is 0 Å². The smallest absolute Gasteiger partial charge is 0.251 e. The van der Waals surface area contributed by atoms with Crippen LogP contribution in [0.1, 0.15) is 6.42 Å². The number of likely N-dealkylation sites (tertiary alicyclic amines) is 1. The molecule has 114 valence electrons. The van der Waals surface area contributed by atoms with Crippen LogP contribution < -0.4 is 5.11 Å². The van der Waals surface area contributed by atoms with Gasteiger partial charge in [0.2, 0.25) is 5.91 Å². The third-order valence-electron chi connectivity index (χ3n) is 3.82. The monoisotopic (exact) mass is 290 g/mol. The molecule has 2 aliphatic heterocycles. The minimum absolute atomic E-state index is 0.0418. The lowest BCUT2D eigenvalue weighted by Gasteiger charge is -2.42. The van der Waals surface area contributed by atoms with Crippen molar-refractivity contribution in [3.63, 3.8) is 0 Å². The Kier molecular flexibility index (Phi) is 4.74. The van der Waals surface area contributed by atoms with Crippen molar-refractivity contribution in [1.82, 2.24) is 14.7 Å². The van der Waals surface area contributed by atoms with Gasteiger partial charge in [0.05, 0.1) is 13.1 Å². The second-order valence-corrected chi connectivity index (χ2v) is 5.33. The van der Waals surface area contributed by atoms with Crippen molar-refractivity contribution in [2.45, 2.75) is 12.8 Å². The largest absolute Gasteiger partial charge is 0.530 e. The van der Waals surface area contributed by atoms with E-state index in [1.807, 2.05) is 0 Å². The van der Waals surface area contributed by atoms with Gasteiger partial charge in [-0.3, -0.25) is 9.69 Å². The lowest BCUT2D eigenvalue weighted by molar-refractivity contribution is -0.271. The SMILES string of the molecule is O=C([O-])N1CC(CCN2CCN(CC(F)F)CC2=O)C1. The van der Waals surface area contributed by atoms with Gasteiger partial charge in [0.25, 0.3) is 6.43 Å². The summed E-state index contributed by atoms with van der Waals surface area (Å²) >= 11 is 0. The van der Waals surface area contributed by atoms with E-state index in [1.165, 1.54) is 9.80 Å². The Balaban J connectivity index is 1.66. The molecule has 2 amide bonds. The number of rotatable bonds is 5. The van der Waals surface area contributed by atoms with Crippen molar-refractivity contribution < 1.29 is 23.5 Å². The molecule has 0 atom stereocenters. The van der Waals surface area contributed by atoms with Crippen LogP contribution in [0.5, 0.6) is 0 Å². The normalized spacial score (nSPS) is 21.4. The van der Waals surface area contributed by atoms with Gasteiger partial charge in [-0.25, -0.2) is 8.78 Å². The standard InChI is InChI=1S/C12H19F2N3O3/c13-10(14)7-15-3-4-16(11(18)8-15)2-1-9-5-17(6-9)12(19)20/h9-10H,1-8H2,(H,19,20)/p-1.